The van der Waals surface area contributed by atoms with Crippen LogP contribution in [-0.2, 0) is 0 Å². The van der Waals surface area contributed by atoms with Gasteiger partial charge in [-0.15, -0.1) is 0 Å². The van der Waals surface area contributed by atoms with Crippen molar-refractivity contribution in [3.63, 3.8) is 0 Å². The minimum atomic E-state index is 0.146. The molecule has 0 bridgehead atoms. The van der Waals surface area contributed by atoms with Crippen molar-refractivity contribution in [3.8, 4) is 0 Å². The highest BCUT2D eigenvalue weighted by Crippen LogP contribution is 2.23. The molecule has 1 aliphatic rings. The Hall–Kier alpha value is -0.860. The number of carbonyl (C=O) groups is 1. The molecule has 0 amide bonds. The molecule has 1 heterocycles. The molecular formula is C15H20ClNO. The number of benzene rings is 1. The van der Waals surface area contributed by atoms with Crippen molar-refractivity contribution in [1.82, 2.24) is 4.90 Å². The molecule has 1 aliphatic heterocycles. The zero-order valence-corrected chi connectivity index (χ0v) is 11.8. The lowest BCUT2D eigenvalue weighted by molar-refractivity contribution is 0.0962. The molecule has 0 spiro atoms. The first-order chi connectivity index (χ1) is 8.58. The maximum atomic E-state index is 12.1. The van der Waals surface area contributed by atoms with Crippen LogP contribution in [0.2, 0.25) is 5.02 Å². The van der Waals surface area contributed by atoms with Crippen molar-refractivity contribution >= 4 is 17.4 Å². The fourth-order valence-electron chi connectivity index (χ4n) is 2.77. The van der Waals surface area contributed by atoms with Gasteiger partial charge in [-0.25, -0.2) is 0 Å². The number of nitrogens with zero attached hydrogens (tertiary/aromatic N) is 1. The lowest BCUT2D eigenvalue weighted by Gasteiger charge is -2.20. The molecule has 1 aromatic carbocycles. The summed E-state index contributed by atoms with van der Waals surface area (Å²) in [7, 11) is 0. The molecule has 98 valence electrons. The maximum Gasteiger partial charge on any atom is 0.165 e. The number of likely N-dealkylation sites (tertiary alicyclic amines) is 1. The topological polar surface area (TPSA) is 20.3 Å². The monoisotopic (exact) mass is 265 g/mol. The van der Waals surface area contributed by atoms with E-state index in [0.29, 0.717) is 23.0 Å². The van der Waals surface area contributed by atoms with Crippen LogP contribution in [0.5, 0.6) is 0 Å². The maximum absolute atomic E-state index is 12.1. The molecule has 0 aliphatic carbocycles. The Balaban J connectivity index is 1.91. The quantitative estimate of drug-likeness (QED) is 0.775. The molecule has 0 saturated carbocycles. The molecule has 3 heteroatoms. The standard InChI is InChI=1S/C15H20ClNO/c1-11-9-12(2)17(10-11)8-7-15(18)13-5-3-4-6-14(13)16/h3-6,11-12H,7-10H2,1-2H3. The second-order valence-corrected chi connectivity index (χ2v) is 5.75. The van der Waals surface area contributed by atoms with E-state index >= 15 is 0 Å². The zero-order chi connectivity index (χ0) is 13.1. The van der Waals surface area contributed by atoms with E-state index in [-0.39, 0.29) is 5.78 Å². The SMILES string of the molecule is CC1CC(C)N(CCC(=O)c2ccccc2Cl)C1. The van der Waals surface area contributed by atoms with E-state index in [1.54, 1.807) is 12.1 Å². The number of rotatable bonds is 4. The van der Waals surface area contributed by atoms with Crippen molar-refractivity contribution in [2.45, 2.75) is 32.7 Å². The van der Waals surface area contributed by atoms with Gasteiger partial charge in [-0.3, -0.25) is 9.69 Å². The van der Waals surface area contributed by atoms with Crippen LogP contribution in [0.25, 0.3) is 0 Å². The molecule has 1 aromatic rings. The first-order valence-corrected chi connectivity index (χ1v) is 6.97. The molecule has 2 nitrogen and oxygen atoms in total. The van der Waals surface area contributed by atoms with Crippen molar-refractivity contribution < 1.29 is 4.79 Å². The van der Waals surface area contributed by atoms with Gasteiger partial charge in [-0.05, 0) is 31.4 Å². The van der Waals surface area contributed by atoms with Gasteiger partial charge >= 0.3 is 0 Å². The van der Waals surface area contributed by atoms with Crippen LogP contribution in [0.4, 0.5) is 0 Å². The highest BCUT2D eigenvalue weighted by atomic mass is 35.5. The molecule has 2 rings (SSSR count). The fraction of sp³-hybridized carbons (Fsp3) is 0.533. The van der Waals surface area contributed by atoms with Crippen LogP contribution >= 0.6 is 11.6 Å². The molecule has 18 heavy (non-hydrogen) atoms. The molecule has 2 atom stereocenters. The minimum Gasteiger partial charge on any atom is -0.300 e. The summed E-state index contributed by atoms with van der Waals surface area (Å²) in [5.74, 6) is 0.891. The Morgan fingerprint density at radius 1 is 1.39 bits per heavy atom. The third kappa shape index (κ3) is 3.12. The number of hydrogen-bond donors (Lipinski definition) is 0. The van der Waals surface area contributed by atoms with Gasteiger partial charge in [0.15, 0.2) is 5.78 Å². The minimum absolute atomic E-state index is 0.146. The third-order valence-electron chi connectivity index (χ3n) is 3.71. The summed E-state index contributed by atoms with van der Waals surface area (Å²) in [4.78, 5) is 14.5. The fourth-order valence-corrected chi connectivity index (χ4v) is 3.01. The Kier molecular flexibility index (Phi) is 4.41. The van der Waals surface area contributed by atoms with Crippen molar-refractivity contribution in [2.24, 2.45) is 5.92 Å². The lowest BCUT2D eigenvalue weighted by atomic mass is 10.1. The van der Waals surface area contributed by atoms with Crippen molar-refractivity contribution in [2.75, 3.05) is 13.1 Å². The molecular weight excluding hydrogens is 246 g/mol. The zero-order valence-electron chi connectivity index (χ0n) is 11.0. The Labute approximate surface area is 114 Å². The van der Waals surface area contributed by atoms with E-state index in [1.807, 2.05) is 12.1 Å². The van der Waals surface area contributed by atoms with Gasteiger partial charge in [0, 0.05) is 31.1 Å². The largest absolute Gasteiger partial charge is 0.300 e. The molecule has 1 fully saturated rings. The predicted octanol–water partition coefficient (Wildman–Crippen LogP) is 3.64. The van der Waals surface area contributed by atoms with Gasteiger partial charge in [-0.1, -0.05) is 30.7 Å². The third-order valence-corrected chi connectivity index (χ3v) is 4.04. The highest BCUT2D eigenvalue weighted by molar-refractivity contribution is 6.33. The number of Topliss-reactive ketones (excluding diaryl/α,β-unsaturated/α-hetero) is 1. The number of carbonyl (C=O) groups excluding carboxylic acids is 1. The van der Waals surface area contributed by atoms with Crippen LogP contribution < -0.4 is 0 Å². The molecule has 0 N–H and O–H groups in total. The summed E-state index contributed by atoms with van der Waals surface area (Å²) in [5.41, 5.74) is 0.652. The van der Waals surface area contributed by atoms with E-state index in [2.05, 4.69) is 18.7 Å². The summed E-state index contributed by atoms with van der Waals surface area (Å²) in [6.45, 7) is 6.46. The van der Waals surface area contributed by atoms with Crippen LogP contribution in [0, 0.1) is 5.92 Å². The van der Waals surface area contributed by atoms with Gasteiger partial charge in [-0.2, -0.15) is 0 Å². The summed E-state index contributed by atoms with van der Waals surface area (Å²) in [6, 6.07) is 7.89. The highest BCUT2D eigenvalue weighted by Gasteiger charge is 2.26. The van der Waals surface area contributed by atoms with Crippen molar-refractivity contribution in [1.29, 1.82) is 0 Å². The van der Waals surface area contributed by atoms with Crippen LogP contribution in [0.1, 0.15) is 37.0 Å². The number of ketones is 1. The second-order valence-electron chi connectivity index (χ2n) is 5.34. The predicted molar refractivity (Wildman–Crippen MR) is 75.2 cm³/mol. The Morgan fingerprint density at radius 2 is 2.11 bits per heavy atom. The van der Waals surface area contributed by atoms with Crippen LogP contribution in [0.3, 0.4) is 0 Å². The summed E-state index contributed by atoms with van der Waals surface area (Å²) >= 11 is 6.03. The molecule has 0 aromatic heterocycles. The van der Waals surface area contributed by atoms with Gasteiger partial charge < -0.3 is 0 Å². The van der Waals surface area contributed by atoms with Gasteiger partial charge in [0.2, 0.25) is 0 Å². The van der Waals surface area contributed by atoms with Gasteiger partial charge in [0.05, 0.1) is 5.02 Å². The molecule has 1 saturated heterocycles. The Morgan fingerprint density at radius 3 is 2.72 bits per heavy atom. The molecule has 0 radical (unpaired) electrons. The average Bonchev–Trinajstić information content (AvgIpc) is 2.65. The normalized spacial score (nSPS) is 24.4. The smallest absolute Gasteiger partial charge is 0.165 e. The average molecular weight is 266 g/mol. The summed E-state index contributed by atoms with van der Waals surface area (Å²) in [6.07, 6.45) is 1.79. The molecule has 2 unspecified atom stereocenters. The van der Waals surface area contributed by atoms with E-state index in [9.17, 15) is 4.79 Å². The summed E-state index contributed by atoms with van der Waals surface area (Å²) in [5, 5.41) is 0.560. The van der Waals surface area contributed by atoms with E-state index < -0.39 is 0 Å². The Bertz CT molecular complexity index is 432. The number of halogens is 1. The number of hydrogen-bond acceptors (Lipinski definition) is 2. The van der Waals surface area contributed by atoms with Crippen LogP contribution in [0.15, 0.2) is 24.3 Å². The second kappa shape index (κ2) is 5.85. The van der Waals surface area contributed by atoms with E-state index in [4.69, 9.17) is 11.6 Å². The van der Waals surface area contributed by atoms with Crippen molar-refractivity contribution in [3.05, 3.63) is 34.9 Å². The van der Waals surface area contributed by atoms with Gasteiger partial charge in [0.25, 0.3) is 0 Å². The van der Waals surface area contributed by atoms with Gasteiger partial charge in [0.1, 0.15) is 0 Å². The van der Waals surface area contributed by atoms with E-state index in [1.165, 1.54) is 6.42 Å². The summed E-state index contributed by atoms with van der Waals surface area (Å²) < 4.78 is 0. The lowest BCUT2D eigenvalue weighted by Crippen LogP contribution is -2.29. The first kappa shape index (κ1) is 13.6. The first-order valence-electron chi connectivity index (χ1n) is 6.59. The van der Waals surface area contributed by atoms with Crippen LogP contribution in [-0.4, -0.2) is 29.8 Å². The van der Waals surface area contributed by atoms with E-state index in [0.717, 1.165) is 19.0 Å².